The summed E-state index contributed by atoms with van der Waals surface area (Å²) in [6.45, 7) is 8.98. The van der Waals surface area contributed by atoms with Crippen molar-refractivity contribution in [2.75, 3.05) is 5.32 Å². The van der Waals surface area contributed by atoms with E-state index in [9.17, 15) is 26.4 Å². The van der Waals surface area contributed by atoms with E-state index in [0.29, 0.717) is 23.6 Å². The maximum atomic E-state index is 13.1. The average Bonchev–Trinajstić information content (AvgIpc) is 2.94. The van der Waals surface area contributed by atoms with Crippen LogP contribution in [0.15, 0.2) is 35.2 Å². The Morgan fingerprint density at radius 1 is 1.10 bits per heavy atom. The molecule has 0 bridgehead atoms. The second kappa shape index (κ2) is 8.05. The number of benzene rings is 1. The fraction of sp³-hybridized carbons (Fsp3) is 0.500. The fourth-order valence-electron chi connectivity index (χ4n) is 2.93. The molecule has 1 N–H and O–H groups in total. The van der Waals surface area contributed by atoms with Gasteiger partial charge in [-0.15, -0.1) is 0 Å². The van der Waals surface area contributed by atoms with Crippen LogP contribution in [0.2, 0.25) is 0 Å². The van der Waals surface area contributed by atoms with Crippen molar-refractivity contribution in [3.63, 3.8) is 0 Å². The molecule has 30 heavy (non-hydrogen) atoms. The minimum atomic E-state index is -4.58. The van der Waals surface area contributed by atoms with E-state index in [2.05, 4.69) is 10.4 Å². The Bertz CT molecular complexity index is 1020. The minimum Gasteiger partial charge on any atom is -0.310 e. The van der Waals surface area contributed by atoms with Gasteiger partial charge in [-0.1, -0.05) is 34.6 Å². The van der Waals surface area contributed by atoms with Crippen molar-refractivity contribution in [2.24, 2.45) is 13.0 Å². The number of hydrogen-bond donors (Lipinski definition) is 1. The molecule has 166 valence electrons. The molecule has 1 atom stereocenters. The van der Waals surface area contributed by atoms with E-state index in [1.807, 2.05) is 20.8 Å². The van der Waals surface area contributed by atoms with Crippen molar-refractivity contribution in [3.05, 3.63) is 41.6 Å². The zero-order valence-electron chi connectivity index (χ0n) is 17.7. The van der Waals surface area contributed by atoms with Crippen LogP contribution in [0, 0.1) is 5.92 Å². The topological polar surface area (TPSA) is 81.1 Å². The van der Waals surface area contributed by atoms with Crippen LogP contribution >= 0.6 is 0 Å². The van der Waals surface area contributed by atoms with Crippen molar-refractivity contribution in [3.8, 4) is 0 Å². The summed E-state index contributed by atoms with van der Waals surface area (Å²) in [6.07, 6.45) is -4.58. The van der Waals surface area contributed by atoms with Crippen LogP contribution < -0.4 is 5.32 Å². The molecule has 0 spiro atoms. The van der Waals surface area contributed by atoms with Crippen LogP contribution in [0.25, 0.3) is 0 Å². The summed E-state index contributed by atoms with van der Waals surface area (Å²) in [5.74, 6) is -1.06. The fourth-order valence-corrected chi connectivity index (χ4v) is 4.80. The van der Waals surface area contributed by atoms with Crippen molar-refractivity contribution < 1.29 is 26.4 Å². The number of halogens is 3. The predicted molar refractivity (Wildman–Crippen MR) is 108 cm³/mol. The van der Waals surface area contributed by atoms with Gasteiger partial charge in [-0.2, -0.15) is 18.3 Å². The highest BCUT2D eigenvalue weighted by Crippen LogP contribution is 2.31. The number of alkyl halides is 3. The molecular weight excluding hydrogens is 419 g/mol. The summed E-state index contributed by atoms with van der Waals surface area (Å²) < 4.78 is 65.9. The molecule has 0 fully saturated rings. The number of carbonyl (C=O) groups is 1. The number of nitrogens with zero attached hydrogens (tertiary/aromatic N) is 2. The Morgan fingerprint density at radius 2 is 1.63 bits per heavy atom. The lowest BCUT2D eigenvalue weighted by Crippen LogP contribution is -2.39. The van der Waals surface area contributed by atoms with Gasteiger partial charge < -0.3 is 5.32 Å². The van der Waals surface area contributed by atoms with Gasteiger partial charge in [0.25, 0.3) is 0 Å². The normalized spacial score (nSPS) is 14.1. The van der Waals surface area contributed by atoms with Crippen molar-refractivity contribution in [2.45, 2.75) is 56.4 Å². The lowest BCUT2D eigenvalue weighted by atomic mass is 9.92. The number of aryl methyl sites for hydroxylation is 1. The van der Waals surface area contributed by atoms with Crippen LogP contribution in [0.1, 0.15) is 45.9 Å². The summed E-state index contributed by atoms with van der Waals surface area (Å²) in [5.41, 5.74) is -0.520. The zero-order valence-corrected chi connectivity index (χ0v) is 18.5. The molecule has 0 saturated heterocycles. The monoisotopic (exact) mass is 445 g/mol. The van der Waals surface area contributed by atoms with Gasteiger partial charge in [0, 0.05) is 18.5 Å². The summed E-state index contributed by atoms with van der Waals surface area (Å²) in [5, 5.41) is 5.45. The third-order valence-electron chi connectivity index (χ3n) is 4.61. The van der Waals surface area contributed by atoms with E-state index in [4.69, 9.17) is 0 Å². The van der Waals surface area contributed by atoms with Crippen LogP contribution in [0.4, 0.5) is 19.0 Å². The molecule has 10 heteroatoms. The van der Waals surface area contributed by atoms with E-state index >= 15 is 0 Å². The SMILES string of the molecule is CC(C)C(C(=O)Nc1cc(C(C)(C)C)nn1C)S(=O)(=O)c1ccc(C(F)(F)F)cc1. The van der Waals surface area contributed by atoms with Gasteiger partial charge in [-0.3, -0.25) is 9.48 Å². The van der Waals surface area contributed by atoms with Crippen LogP contribution in [0.5, 0.6) is 0 Å². The first-order chi connectivity index (χ1) is 13.5. The van der Waals surface area contributed by atoms with Gasteiger partial charge in [0.15, 0.2) is 9.84 Å². The number of aromatic nitrogens is 2. The summed E-state index contributed by atoms with van der Waals surface area (Å²) in [7, 11) is -2.60. The zero-order chi connectivity index (χ0) is 23.1. The lowest BCUT2D eigenvalue weighted by molar-refractivity contribution is -0.137. The third kappa shape index (κ3) is 5.03. The molecule has 1 unspecified atom stereocenters. The van der Waals surface area contributed by atoms with Crippen LogP contribution in [0.3, 0.4) is 0 Å². The quantitative estimate of drug-likeness (QED) is 0.749. The summed E-state index contributed by atoms with van der Waals surface area (Å²) in [4.78, 5) is 12.6. The van der Waals surface area contributed by atoms with Crippen LogP contribution in [-0.4, -0.2) is 29.4 Å². The third-order valence-corrected chi connectivity index (χ3v) is 6.96. The second-order valence-corrected chi connectivity index (χ2v) is 10.6. The Balaban J connectivity index is 2.37. The van der Waals surface area contributed by atoms with Gasteiger partial charge in [0.05, 0.1) is 16.2 Å². The molecule has 1 aromatic heterocycles. The Kier molecular flexibility index (Phi) is 6.42. The number of carbonyl (C=O) groups excluding carboxylic acids is 1. The molecule has 2 aromatic rings. The Morgan fingerprint density at radius 3 is 2.03 bits per heavy atom. The molecule has 1 amide bonds. The summed E-state index contributed by atoms with van der Waals surface area (Å²) in [6, 6.07) is 4.81. The maximum absolute atomic E-state index is 13.1. The lowest BCUT2D eigenvalue weighted by Gasteiger charge is -2.21. The standard InChI is InChI=1S/C20H26F3N3O3S/c1-12(2)17(18(27)24-16-11-15(19(3,4)5)25-26(16)6)30(28,29)14-9-7-13(8-10-14)20(21,22)23/h7-12,17H,1-6H3,(H,24,27). The predicted octanol–water partition coefficient (Wildman–Crippen LogP) is 4.17. The van der Waals surface area contributed by atoms with Gasteiger partial charge in [0.1, 0.15) is 11.1 Å². The Hall–Kier alpha value is -2.36. The highest BCUT2D eigenvalue weighted by molar-refractivity contribution is 7.92. The number of rotatable bonds is 5. The highest BCUT2D eigenvalue weighted by Gasteiger charge is 2.38. The number of amides is 1. The molecule has 0 radical (unpaired) electrons. The molecule has 0 saturated carbocycles. The molecule has 2 rings (SSSR count). The van der Waals surface area contributed by atoms with E-state index < -0.39 is 38.7 Å². The molecular formula is C20H26F3N3O3S. The number of sulfone groups is 1. The first kappa shape index (κ1) is 23.9. The molecule has 0 aliphatic rings. The van der Waals surface area contributed by atoms with Crippen molar-refractivity contribution in [1.29, 1.82) is 0 Å². The van der Waals surface area contributed by atoms with E-state index in [-0.39, 0.29) is 10.3 Å². The molecule has 1 heterocycles. The molecule has 0 aliphatic heterocycles. The van der Waals surface area contributed by atoms with Gasteiger partial charge in [-0.05, 0) is 30.2 Å². The smallest absolute Gasteiger partial charge is 0.310 e. The van der Waals surface area contributed by atoms with Gasteiger partial charge in [0.2, 0.25) is 5.91 Å². The molecule has 1 aromatic carbocycles. The first-order valence-corrected chi connectivity index (χ1v) is 10.9. The van der Waals surface area contributed by atoms with Crippen LogP contribution in [-0.2, 0) is 33.3 Å². The number of hydrogen-bond acceptors (Lipinski definition) is 4. The van der Waals surface area contributed by atoms with Crippen molar-refractivity contribution >= 4 is 21.6 Å². The largest absolute Gasteiger partial charge is 0.416 e. The Labute approximate surface area is 174 Å². The van der Waals surface area contributed by atoms with Crippen molar-refractivity contribution in [1.82, 2.24) is 9.78 Å². The van der Waals surface area contributed by atoms with Gasteiger partial charge >= 0.3 is 6.18 Å². The molecule has 6 nitrogen and oxygen atoms in total. The highest BCUT2D eigenvalue weighted by atomic mass is 32.2. The number of nitrogens with one attached hydrogen (secondary N) is 1. The average molecular weight is 446 g/mol. The van der Waals surface area contributed by atoms with E-state index in [1.54, 1.807) is 27.0 Å². The second-order valence-electron chi connectivity index (χ2n) is 8.51. The van der Waals surface area contributed by atoms with E-state index in [0.717, 1.165) is 12.1 Å². The first-order valence-electron chi connectivity index (χ1n) is 9.31. The molecule has 0 aliphatic carbocycles. The van der Waals surface area contributed by atoms with Gasteiger partial charge in [-0.25, -0.2) is 8.42 Å². The maximum Gasteiger partial charge on any atom is 0.416 e. The number of anilines is 1. The minimum absolute atomic E-state index is 0.273. The van der Waals surface area contributed by atoms with E-state index in [1.165, 1.54) is 4.68 Å². The summed E-state index contributed by atoms with van der Waals surface area (Å²) >= 11 is 0.